The van der Waals surface area contributed by atoms with Gasteiger partial charge in [-0.2, -0.15) is 13.2 Å². The van der Waals surface area contributed by atoms with E-state index in [-0.39, 0.29) is 6.54 Å². The van der Waals surface area contributed by atoms with Crippen LogP contribution in [0.4, 0.5) is 24.7 Å². The molecule has 35 heavy (non-hydrogen) atoms. The summed E-state index contributed by atoms with van der Waals surface area (Å²) in [5.74, 6) is 1.38. The maximum absolute atomic E-state index is 12.9. The quantitative estimate of drug-likeness (QED) is 0.338. The summed E-state index contributed by atoms with van der Waals surface area (Å²) in [6.07, 6.45) is -1.17. The minimum atomic E-state index is -4.38. The van der Waals surface area contributed by atoms with Crippen LogP contribution >= 0.6 is 0 Å². The van der Waals surface area contributed by atoms with Crippen molar-refractivity contribution in [3.8, 4) is 17.3 Å². The van der Waals surface area contributed by atoms with Crippen molar-refractivity contribution in [1.82, 2.24) is 24.5 Å². The SMILES string of the molecule is COc1ccc(-c2nc(Nc3ccccc3)c3ncn(Cc4ccc(C(F)(F)F)cc4)c3n2)cn1. The molecule has 0 saturated carbocycles. The zero-order valence-electron chi connectivity index (χ0n) is 18.5. The Morgan fingerprint density at radius 1 is 0.914 bits per heavy atom. The summed E-state index contributed by atoms with van der Waals surface area (Å²) >= 11 is 0. The number of nitrogens with one attached hydrogen (secondary N) is 1. The molecule has 5 rings (SSSR count). The molecule has 0 aliphatic carbocycles. The second kappa shape index (κ2) is 9.05. The molecule has 0 unspecified atom stereocenters. The number of imidazole rings is 1. The third-order valence-corrected chi connectivity index (χ3v) is 5.34. The highest BCUT2D eigenvalue weighted by Crippen LogP contribution is 2.30. The normalized spacial score (nSPS) is 11.5. The van der Waals surface area contributed by atoms with Gasteiger partial charge in [-0.3, -0.25) is 0 Å². The van der Waals surface area contributed by atoms with Crippen LogP contribution in [0.25, 0.3) is 22.6 Å². The molecule has 3 aromatic heterocycles. The second-order valence-corrected chi connectivity index (χ2v) is 7.72. The zero-order valence-corrected chi connectivity index (χ0v) is 18.5. The van der Waals surface area contributed by atoms with E-state index in [0.717, 1.165) is 17.8 Å². The molecule has 5 aromatic rings. The predicted molar refractivity (Wildman–Crippen MR) is 125 cm³/mol. The molecule has 0 spiro atoms. The average molecular weight is 476 g/mol. The standard InChI is InChI=1S/C25H19F3N6O/c1-35-20-12-9-17(13-29-20)22-32-23(31-19-5-3-2-4-6-19)21-24(33-22)34(15-30-21)14-16-7-10-18(11-8-16)25(26,27)28/h2-13,15H,14H2,1H3,(H,31,32,33). The first kappa shape index (κ1) is 22.3. The Balaban J connectivity index is 1.56. The number of alkyl halides is 3. The van der Waals surface area contributed by atoms with Crippen LogP contribution in [0.5, 0.6) is 5.88 Å². The lowest BCUT2D eigenvalue weighted by Gasteiger charge is -2.11. The molecule has 7 nitrogen and oxygen atoms in total. The van der Waals surface area contributed by atoms with Crippen LogP contribution in [-0.2, 0) is 12.7 Å². The fourth-order valence-electron chi connectivity index (χ4n) is 3.56. The number of fused-ring (bicyclic) bond motifs is 1. The molecule has 176 valence electrons. The predicted octanol–water partition coefficient (Wildman–Crippen LogP) is 5.71. The minimum Gasteiger partial charge on any atom is -0.481 e. The molecule has 2 aromatic carbocycles. The van der Waals surface area contributed by atoms with Gasteiger partial charge in [0.2, 0.25) is 5.88 Å². The Morgan fingerprint density at radius 3 is 2.34 bits per heavy atom. The monoisotopic (exact) mass is 476 g/mol. The Kier molecular flexibility index (Phi) is 5.77. The first-order valence-electron chi connectivity index (χ1n) is 10.6. The van der Waals surface area contributed by atoms with Gasteiger partial charge >= 0.3 is 6.18 Å². The molecular weight excluding hydrogens is 457 g/mol. The Morgan fingerprint density at radius 2 is 1.69 bits per heavy atom. The maximum Gasteiger partial charge on any atom is 0.416 e. The molecule has 0 fully saturated rings. The van der Waals surface area contributed by atoms with Gasteiger partial charge in [-0.15, -0.1) is 0 Å². The molecule has 0 aliphatic rings. The molecule has 10 heteroatoms. The van der Waals surface area contributed by atoms with Crippen LogP contribution in [-0.4, -0.2) is 31.6 Å². The van der Waals surface area contributed by atoms with Gasteiger partial charge in [0.15, 0.2) is 22.8 Å². The van der Waals surface area contributed by atoms with E-state index in [9.17, 15) is 13.2 Å². The summed E-state index contributed by atoms with van der Waals surface area (Å²) in [4.78, 5) is 18.1. The van der Waals surface area contributed by atoms with Crippen LogP contribution in [0.15, 0.2) is 79.3 Å². The van der Waals surface area contributed by atoms with Gasteiger partial charge in [-0.25, -0.2) is 19.9 Å². The smallest absolute Gasteiger partial charge is 0.416 e. The maximum atomic E-state index is 12.9. The molecule has 1 N–H and O–H groups in total. The van der Waals surface area contributed by atoms with E-state index in [0.29, 0.717) is 39.8 Å². The van der Waals surface area contributed by atoms with Crippen molar-refractivity contribution in [1.29, 1.82) is 0 Å². The van der Waals surface area contributed by atoms with E-state index >= 15 is 0 Å². The van der Waals surface area contributed by atoms with Crippen molar-refractivity contribution >= 4 is 22.7 Å². The molecule has 0 saturated heterocycles. The van der Waals surface area contributed by atoms with Gasteiger partial charge in [0, 0.05) is 23.5 Å². The third kappa shape index (κ3) is 4.77. The van der Waals surface area contributed by atoms with E-state index < -0.39 is 11.7 Å². The fraction of sp³-hybridized carbons (Fsp3) is 0.120. The zero-order chi connectivity index (χ0) is 24.4. The van der Waals surface area contributed by atoms with Gasteiger partial charge in [-0.1, -0.05) is 30.3 Å². The Hall–Kier alpha value is -4.47. The van der Waals surface area contributed by atoms with Gasteiger partial charge in [0.25, 0.3) is 0 Å². The molecule has 0 aliphatic heterocycles. The molecule has 3 heterocycles. The van der Waals surface area contributed by atoms with Gasteiger partial charge in [0.1, 0.15) is 0 Å². The van der Waals surface area contributed by atoms with Crippen molar-refractivity contribution in [2.45, 2.75) is 12.7 Å². The third-order valence-electron chi connectivity index (χ3n) is 5.34. The highest BCUT2D eigenvalue weighted by atomic mass is 19.4. The lowest BCUT2D eigenvalue weighted by Crippen LogP contribution is -2.06. The average Bonchev–Trinajstić information content (AvgIpc) is 3.27. The van der Waals surface area contributed by atoms with Crippen LogP contribution in [0.1, 0.15) is 11.1 Å². The minimum absolute atomic E-state index is 0.288. The summed E-state index contributed by atoms with van der Waals surface area (Å²) in [7, 11) is 1.53. The summed E-state index contributed by atoms with van der Waals surface area (Å²) < 4.78 is 45.7. The van der Waals surface area contributed by atoms with E-state index in [4.69, 9.17) is 9.72 Å². The number of nitrogens with zero attached hydrogens (tertiary/aromatic N) is 5. The largest absolute Gasteiger partial charge is 0.481 e. The van der Waals surface area contributed by atoms with E-state index in [1.165, 1.54) is 19.2 Å². The summed E-state index contributed by atoms with van der Waals surface area (Å²) in [5.41, 5.74) is 2.55. The summed E-state index contributed by atoms with van der Waals surface area (Å²) in [5, 5.41) is 3.28. The van der Waals surface area contributed by atoms with Crippen molar-refractivity contribution in [2.24, 2.45) is 0 Å². The van der Waals surface area contributed by atoms with Gasteiger partial charge in [-0.05, 0) is 35.9 Å². The number of rotatable bonds is 6. The number of ether oxygens (including phenoxy) is 1. The first-order valence-corrected chi connectivity index (χ1v) is 10.6. The van der Waals surface area contributed by atoms with E-state index in [2.05, 4.69) is 20.3 Å². The van der Waals surface area contributed by atoms with Crippen molar-refractivity contribution in [2.75, 3.05) is 12.4 Å². The van der Waals surface area contributed by atoms with Crippen molar-refractivity contribution < 1.29 is 17.9 Å². The highest BCUT2D eigenvalue weighted by molar-refractivity contribution is 5.87. The number of hydrogen-bond acceptors (Lipinski definition) is 6. The van der Waals surface area contributed by atoms with Gasteiger partial charge in [0.05, 0.1) is 25.5 Å². The molecule has 0 amide bonds. The summed E-state index contributed by atoms with van der Waals surface area (Å²) in [6, 6.07) is 18.1. The number of aromatic nitrogens is 5. The van der Waals surface area contributed by atoms with Crippen LogP contribution in [0.3, 0.4) is 0 Å². The lowest BCUT2D eigenvalue weighted by atomic mass is 10.1. The highest BCUT2D eigenvalue weighted by Gasteiger charge is 2.30. The van der Waals surface area contributed by atoms with Crippen LogP contribution < -0.4 is 10.1 Å². The number of anilines is 2. The van der Waals surface area contributed by atoms with Crippen molar-refractivity contribution in [3.05, 3.63) is 90.4 Å². The van der Waals surface area contributed by atoms with E-state index in [1.54, 1.807) is 29.2 Å². The first-order chi connectivity index (χ1) is 16.9. The Bertz CT molecular complexity index is 1450. The topological polar surface area (TPSA) is 77.8 Å². The van der Waals surface area contributed by atoms with Crippen LogP contribution in [0, 0.1) is 0 Å². The number of methoxy groups -OCH3 is 1. The molecule has 0 radical (unpaired) electrons. The van der Waals surface area contributed by atoms with Gasteiger partial charge < -0.3 is 14.6 Å². The number of pyridine rings is 1. The number of para-hydroxylation sites is 1. The lowest BCUT2D eigenvalue weighted by molar-refractivity contribution is -0.137. The fourth-order valence-corrected chi connectivity index (χ4v) is 3.56. The summed E-state index contributed by atoms with van der Waals surface area (Å²) in [6.45, 7) is 0.288. The second-order valence-electron chi connectivity index (χ2n) is 7.72. The molecule has 0 atom stereocenters. The number of hydrogen-bond donors (Lipinski definition) is 1. The molecule has 0 bridgehead atoms. The Labute approximate surface area is 198 Å². The number of benzene rings is 2. The van der Waals surface area contributed by atoms with E-state index in [1.807, 2.05) is 30.3 Å². The van der Waals surface area contributed by atoms with Crippen LogP contribution in [0.2, 0.25) is 0 Å². The number of halogens is 3. The molecular formula is C25H19F3N6O. The van der Waals surface area contributed by atoms with Crippen molar-refractivity contribution in [3.63, 3.8) is 0 Å².